The number of alkyl halides is 1. The lowest BCUT2D eigenvalue weighted by molar-refractivity contribution is 0.460. The molecule has 0 aliphatic carbocycles. The summed E-state index contributed by atoms with van der Waals surface area (Å²) >= 11 is 8.74. The van der Waals surface area contributed by atoms with Gasteiger partial charge < -0.3 is 4.42 Å². The average molecular weight is 383 g/mol. The Morgan fingerprint density at radius 1 is 1.55 bits per heavy atom. The minimum atomic E-state index is -3.65. The largest absolute Gasteiger partial charge is 0.452 e. The van der Waals surface area contributed by atoms with Crippen LogP contribution in [0.15, 0.2) is 32.4 Å². The van der Waals surface area contributed by atoms with Crippen LogP contribution >= 0.6 is 27.5 Å². The van der Waals surface area contributed by atoms with Crippen molar-refractivity contribution in [3.63, 3.8) is 0 Å². The van der Waals surface area contributed by atoms with Crippen LogP contribution in [0.2, 0.25) is 0 Å². The molecule has 0 unspecified atom stereocenters. The van der Waals surface area contributed by atoms with E-state index >= 15 is 0 Å². The number of hydrogen-bond donors (Lipinski definition) is 0. The first-order valence-corrected chi connectivity index (χ1v) is 8.39. The summed E-state index contributed by atoms with van der Waals surface area (Å²) in [5.74, 6) is 0.507. The first-order chi connectivity index (χ1) is 9.34. The van der Waals surface area contributed by atoms with E-state index in [1.54, 1.807) is 24.1 Å². The lowest BCUT2D eigenvalue weighted by Gasteiger charge is -2.15. The van der Waals surface area contributed by atoms with Crippen molar-refractivity contribution in [3.05, 3.63) is 34.5 Å². The number of furan rings is 1. The van der Waals surface area contributed by atoms with Crippen LogP contribution in [0.1, 0.15) is 11.3 Å². The summed E-state index contributed by atoms with van der Waals surface area (Å²) in [6.45, 7) is 0.226. The molecule has 0 bridgehead atoms. The monoisotopic (exact) mass is 381 g/mol. The zero-order chi connectivity index (χ0) is 14.9. The van der Waals surface area contributed by atoms with Gasteiger partial charge in [-0.25, -0.2) is 8.42 Å². The normalized spacial score (nSPS) is 12.2. The van der Waals surface area contributed by atoms with Gasteiger partial charge >= 0.3 is 0 Å². The van der Waals surface area contributed by atoms with Crippen molar-refractivity contribution in [3.8, 4) is 0 Å². The lowest BCUT2D eigenvalue weighted by atomic mass is 10.4. The van der Waals surface area contributed by atoms with Crippen LogP contribution in [0.25, 0.3) is 0 Å². The minimum absolute atomic E-state index is 0.0690. The maximum atomic E-state index is 12.5. The van der Waals surface area contributed by atoms with Gasteiger partial charge in [0, 0.05) is 38.5 Å². The molecular formula is C11H13BrClN3O3S. The molecule has 20 heavy (non-hydrogen) atoms. The SMILES string of the molecule is CN(Cc1cnn(C)c1)S(=O)(=O)c1cc(CCl)oc1Br. The van der Waals surface area contributed by atoms with E-state index in [0.29, 0.717) is 5.76 Å². The predicted octanol–water partition coefficient (Wildman–Crippen LogP) is 2.34. The van der Waals surface area contributed by atoms with E-state index < -0.39 is 10.0 Å². The number of halogens is 2. The molecule has 0 saturated heterocycles. The molecule has 0 spiro atoms. The topological polar surface area (TPSA) is 68.3 Å². The van der Waals surface area contributed by atoms with Crippen molar-refractivity contribution in [2.45, 2.75) is 17.3 Å². The van der Waals surface area contributed by atoms with Crippen LogP contribution in [0.4, 0.5) is 0 Å². The second-order valence-electron chi connectivity index (χ2n) is 4.27. The van der Waals surface area contributed by atoms with E-state index in [-0.39, 0.29) is 22.0 Å². The number of hydrogen-bond acceptors (Lipinski definition) is 4. The second kappa shape index (κ2) is 5.88. The molecular weight excluding hydrogens is 370 g/mol. The van der Waals surface area contributed by atoms with E-state index in [9.17, 15) is 8.42 Å². The highest BCUT2D eigenvalue weighted by Gasteiger charge is 2.27. The Morgan fingerprint density at radius 2 is 2.25 bits per heavy atom. The van der Waals surface area contributed by atoms with Gasteiger partial charge in [-0.15, -0.1) is 11.6 Å². The second-order valence-corrected chi connectivity index (χ2v) is 7.27. The Morgan fingerprint density at radius 3 is 2.75 bits per heavy atom. The number of aromatic nitrogens is 2. The van der Waals surface area contributed by atoms with Crippen LogP contribution < -0.4 is 0 Å². The molecule has 0 aromatic carbocycles. The fourth-order valence-electron chi connectivity index (χ4n) is 1.70. The molecule has 0 atom stereocenters. The summed E-state index contributed by atoms with van der Waals surface area (Å²) in [5, 5.41) is 4.01. The molecule has 2 rings (SSSR count). The summed E-state index contributed by atoms with van der Waals surface area (Å²) in [7, 11) is -0.373. The molecule has 110 valence electrons. The fourth-order valence-corrected chi connectivity index (χ4v) is 3.95. The zero-order valence-electron chi connectivity index (χ0n) is 10.9. The van der Waals surface area contributed by atoms with Gasteiger partial charge in [-0.05, 0) is 15.9 Å². The van der Waals surface area contributed by atoms with Crippen LogP contribution in [0.5, 0.6) is 0 Å². The van der Waals surface area contributed by atoms with Gasteiger partial charge in [0.25, 0.3) is 0 Å². The Balaban J connectivity index is 2.26. The molecule has 0 amide bonds. The van der Waals surface area contributed by atoms with E-state index in [0.717, 1.165) is 5.56 Å². The summed E-state index contributed by atoms with van der Waals surface area (Å²) < 4.78 is 33.1. The molecule has 0 aliphatic heterocycles. The van der Waals surface area contributed by atoms with Gasteiger partial charge in [0.2, 0.25) is 10.0 Å². The highest BCUT2D eigenvalue weighted by atomic mass is 79.9. The number of sulfonamides is 1. The lowest BCUT2D eigenvalue weighted by Crippen LogP contribution is -2.26. The quantitative estimate of drug-likeness (QED) is 0.744. The molecule has 2 heterocycles. The van der Waals surface area contributed by atoms with Crippen LogP contribution in [-0.4, -0.2) is 29.6 Å². The summed E-state index contributed by atoms with van der Waals surface area (Å²) in [4.78, 5) is 0.0690. The molecule has 0 N–H and O–H groups in total. The third-order valence-corrected chi connectivity index (χ3v) is 5.61. The average Bonchev–Trinajstić information content (AvgIpc) is 2.95. The van der Waals surface area contributed by atoms with Crippen molar-refractivity contribution < 1.29 is 12.8 Å². The Labute approximate surface area is 130 Å². The Kier molecular flexibility index (Phi) is 4.58. The third-order valence-electron chi connectivity index (χ3n) is 2.69. The molecule has 0 fully saturated rings. The van der Waals surface area contributed by atoms with Gasteiger partial charge in [-0.2, -0.15) is 9.40 Å². The Hall–Kier alpha value is -0.830. The van der Waals surface area contributed by atoms with Crippen molar-refractivity contribution in [1.29, 1.82) is 0 Å². The summed E-state index contributed by atoms with van der Waals surface area (Å²) in [6.07, 6.45) is 3.39. The van der Waals surface area contributed by atoms with Crippen molar-refractivity contribution in [1.82, 2.24) is 14.1 Å². The highest BCUT2D eigenvalue weighted by Crippen LogP contribution is 2.29. The molecule has 0 aliphatic rings. The first-order valence-electron chi connectivity index (χ1n) is 5.62. The molecule has 9 heteroatoms. The summed E-state index contributed by atoms with van der Waals surface area (Å²) in [6, 6.07) is 1.42. The Bertz CT molecular complexity index is 710. The van der Waals surface area contributed by atoms with Crippen LogP contribution in [0.3, 0.4) is 0 Å². The highest BCUT2D eigenvalue weighted by molar-refractivity contribution is 9.10. The predicted molar refractivity (Wildman–Crippen MR) is 77.8 cm³/mol. The van der Waals surface area contributed by atoms with E-state index in [1.165, 1.54) is 17.4 Å². The first kappa shape index (κ1) is 15.6. The molecule has 0 saturated carbocycles. The summed E-state index contributed by atoms with van der Waals surface area (Å²) in [5.41, 5.74) is 0.802. The van der Waals surface area contributed by atoms with Crippen molar-refractivity contribution in [2.24, 2.45) is 7.05 Å². The number of nitrogens with zero attached hydrogens (tertiary/aromatic N) is 3. The molecule has 2 aromatic heterocycles. The van der Waals surface area contributed by atoms with Crippen molar-refractivity contribution >= 4 is 37.6 Å². The molecule has 0 radical (unpaired) electrons. The zero-order valence-corrected chi connectivity index (χ0v) is 14.0. The van der Waals surface area contributed by atoms with E-state index in [4.69, 9.17) is 16.0 Å². The maximum absolute atomic E-state index is 12.5. The smallest absolute Gasteiger partial charge is 0.247 e. The molecule has 6 nitrogen and oxygen atoms in total. The number of aryl methyl sites for hydroxylation is 1. The van der Waals surface area contributed by atoms with Gasteiger partial charge in [-0.3, -0.25) is 4.68 Å². The van der Waals surface area contributed by atoms with E-state index in [1.807, 2.05) is 0 Å². The van der Waals surface area contributed by atoms with Crippen LogP contribution in [-0.2, 0) is 29.5 Å². The van der Waals surface area contributed by atoms with E-state index in [2.05, 4.69) is 21.0 Å². The van der Waals surface area contributed by atoms with Gasteiger partial charge in [0.1, 0.15) is 10.7 Å². The third kappa shape index (κ3) is 3.08. The maximum Gasteiger partial charge on any atom is 0.247 e. The van der Waals surface area contributed by atoms with Crippen LogP contribution in [0, 0.1) is 0 Å². The van der Waals surface area contributed by atoms with Gasteiger partial charge in [-0.1, -0.05) is 0 Å². The molecule has 2 aromatic rings. The minimum Gasteiger partial charge on any atom is -0.452 e. The fraction of sp³-hybridized carbons (Fsp3) is 0.364. The van der Waals surface area contributed by atoms with Gasteiger partial charge in [0.05, 0.1) is 12.1 Å². The standard InChI is InChI=1S/C11H13BrClN3O3S/c1-15-6-8(5-14-15)7-16(2)20(17,18)10-3-9(4-13)19-11(10)12/h3,5-6H,4,7H2,1-2H3. The van der Waals surface area contributed by atoms with Crippen molar-refractivity contribution in [2.75, 3.05) is 7.05 Å². The van der Waals surface area contributed by atoms with Gasteiger partial charge in [0.15, 0.2) is 4.67 Å². The number of rotatable bonds is 5.